The zero-order valence-electron chi connectivity index (χ0n) is 15.8. The van der Waals surface area contributed by atoms with Crippen LogP contribution in [0.15, 0.2) is 42.5 Å². The summed E-state index contributed by atoms with van der Waals surface area (Å²) < 4.78 is 14.2. The van der Waals surface area contributed by atoms with Crippen LogP contribution in [0, 0.1) is 5.82 Å². The van der Waals surface area contributed by atoms with Crippen molar-refractivity contribution in [2.45, 2.75) is 65.2 Å². The van der Waals surface area contributed by atoms with E-state index < -0.39 is 0 Å². The lowest BCUT2D eigenvalue weighted by molar-refractivity contribution is 0.630. The Balaban J connectivity index is 1.91. The molecule has 2 heteroatoms. The summed E-state index contributed by atoms with van der Waals surface area (Å²) in [6.45, 7) is 5.20. The summed E-state index contributed by atoms with van der Waals surface area (Å²) in [4.78, 5) is 0. The van der Waals surface area contributed by atoms with Crippen LogP contribution in [0.2, 0.25) is 0 Å². The van der Waals surface area contributed by atoms with Crippen LogP contribution in [-0.2, 0) is 6.42 Å². The molecule has 136 valence electrons. The first kappa shape index (κ1) is 19.5. The summed E-state index contributed by atoms with van der Waals surface area (Å²) in [6.07, 6.45) is 9.84. The second-order valence-electron chi connectivity index (χ2n) is 6.84. The number of hydrogen-bond donors (Lipinski definition) is 1. The molecule has 0 amide bonds. The minimum absolute atomic E-state index is 0.173. The fourth-order valence-electron chi connectivity index (χ4n) is 3.03. The third-order valence-electron chi connectivity index (χ3n) is 4.67. The SMILES string of the molecule is CCCCCCCc1ccc(-c2ccc(NCCCC)c(F)c2)cc1. The molecule has 0 aliphatic carbocycles. The number of hydrogen-bond acceptors (Lipinski definition) is 1. The summed E-state index contributed by atoms with van der Waals surface area (Å²) >= 11 is 0. The first-order valence-corrected chi connectivity index (χ1v) is 9.87. The molecule has 0 aliphatic heterocycles. The molecule has 0 saturated heterocycles. The Kier molecular flexibility index (Phi) is 8.51. The summed E-state index contributed by atoms with van der Waals surface area (Å²) in [5.74, 6) is -0.173. The number of benzene rings is 2. The van der Waals surface area contributed by atoms with E-state index >= 15 is 0 Å². The highest BCUT2D eigenvalue weighted by atomic mass is 19.1. The highest BCUT2D eigenvalue weighted by Crippen LogP contribution is 2.25. The van der Waals surface area contributed by atoms with Crippen LogP contribution in [-0.4, -0.2) is 6.54 Å². The van der Waals surface area contributed by atoms with E-state index in [0.717, 1.165) is 36.9 Å². The molecule has 2 aromatic rings. The van der Waals surface area contributed by atoms with Gasteiger partial charge in [-0.1, -0.05) is 76.3 Å². The van der Waals surface area contributed by atoms with Crippen molar-refractivity contribution in [1.29, 1.82) is 0 Å². The number of rotatable bonds is 11. The molecule has 2 rings (SSSR count). The van der Waals surface area contributed by atoms with Crippen molar-refractivity contribution in [3.8, 4) is 11.1 Å². The summed E-state index contributed by atoms with van der Waals surface area (Å²) in [5, 5.41) is 3.16. The first-order chi connectivity index (χ1) is 12.2. The van der Waals surface area contributed by atoms with Gasteiger partial charge in [0.15, 0.2) is 0 Å². The molecule has 0 spiro atoms. The maximum Gasteiger partial charge on any atom is 0.146 e. The Labute approximate surface area is 152 Å². The lowest BCUT2D eigenvalue weighted by atomic mass is 10.0. The van der Waals surface area contributed by atoms with Gasteiger partial charge in [0.2, 0.25) is 0 Å². The summed E-state index contributed by atoms with van der Waals surface area (Å²) in [7, 11) is 0. The predicted molar refractivity (Wildman–Crippen MR) is 108 cm³/mol. The quantitative estimate of drug-likeness (QED) is 0.425. The molecule has 0 fully saturated rings. The molecule has 0 aliphatic rings. The van der Waals surface area contributed by atoms with E-state index in [2.05, 4.69) is 43.4 Å². The van der Waals surface area contributed by atoms with Crippen molar-refractivity contribution >= 4 is 5.69 Å². The van der Waals surface area contributed by atoms with E-state index in [4.69, 9.17) is 0 Å². The van der Waals surface area contributed by atoms with Crippen molar-refractivity contribution in [2.75, 3.05) is 11.9 Å². The lowest BCUT2D eigenvalue weighted by Crippen LogP contribution is -2.02. The molecule has 0 radical (unpaired) electrons. The number of nitrogens with one attached hydrogen (secondary N) is 1. The topological polar surface area (TPSA) is 12.0 Å². The van der Waals surface area contributed by atoms with E-state index in [1.807, 2.05) is 12.1 Å². The van der Waals surface area contributed by atoms with Crippen LogP contribution in [0.4, 0.5) is 10.1 Å². The van der Waals surface area contributed by atoms with Gasteiger partial charge in [-0.25, -0.2) is 4.39 Å². The summed E-state index contributed by atoms with van der Waals surface area (Å²) in [5.41, 5.74) is 3.99. The number of aryl methyl sites for hydroxylation is 1. The normalized spacial score (nSPS) is 10.8. The van der Waals surface area contributed by atoms with E-state index in [0.29, 0.717) is 5.69 Å². The first-order valence-electron chi connectivity index (χ1n) is 9.87. The highest BCUT2D eigenvalue weighted by Gasteiger charge is 2.05. The molecule has 0 heterocycles. The van der Waals surface area contributed by atoms with Crippen molar-refractivity contribution < 1.29 is 4.39 Å². The van der Waals surface area contributed by atoms with Crippen molar-refractivity contribution in [2.24, 2.45) is 0 Å². The maximum absolute atomic E-state index is 14.2. The van der Waals surface area contributed by atoms with Crippen molar-refractivity contribution in [3.05, 3.63) is 53.8 Å². The molecule has 0 bridgehead atoms. The zero-order valence-corrected chi connectivity index (χ0v) is 15.8. The molecule has 1 N–H and O–H groups in total. The second-order valence-corrected chi connectivity index (χ2v) is 6.84. The number of unbranched alkanes of at least 4 members (excludes halogenated alkanes) is 5. The van der Waals surface area contributed by atoms with Crippen LogP contribution in [0.3, 0.4) is 0 Å². The Morgan fingerprint density at radius 3 is 2.12 bits per heavy atom. The number of halogens is 1. The average Bonchev–Trinajstić information content (AvgIpc) is 2.63. The molecule has 25 heavy (non-hydrogen) atoms. The smallest absolute Gasteiger partial charge is 0.146 e. The average molecular weight is 342 g/mol. The summed E-state index contributed by atoms with van der Waals surface area (Å²) in [6, 6.07) is 14.1. The Bertz CT molecular complexity index is 618. The van der Waals surface area contributed by atoms with E-state index in [9.17, 15) is 4.39 Å². The molecule has 2 aromatic carbocycles. The molecule has 1 nitrogen and oxygen atoms in total. The largest absolute Gasteiger partial charge is 0.383 e. The third-order valence-corrected chi connectivity index (χ3v) is 4.67. The third kappa shape index (κ3) is 6.53. The number of anilines is 1. The predicted octanol–water partition coefficient (Wildman–Crippen LogP) is 7.22. The van der Waals surface area contributed by atoms with Gasteiger partial charge in [0.05, 0.1) is 5.69 Å². The fraction of sp³-hybridized carbons (Fsp3) is 0.478. The van der Waals surface area contributed by atoms with Crippen molar-refractivity contribution in [1.82, 2.24) is 0 Å². The van der Waals surface area contributed by atoms with Crippen LogP contribution < -0.4 is 5.32 Å². The van der Waals surface area contributed by atoms with Crippen molar-refractivity contribution in [3.63, 3.8) is 0 Å². The Morgan fingerprint density at radius 2 is 1.44 bits per heavy atom. The fourth-order valence-corrected chi connectivity index (χ4v) is 3.03. The van der Waals surface area contributed by atoms with Gasteiger partial charge in [-0.15, -0.1) is 0 Å². The standard InChI is InChI=1S/C23H32FN/c1-3-5-7-8-9-10-19-11-13-20(14-12-19)21-15-16-23(22(24)18-21)25-17-6-4-2/h11-16,18,25H,3-10,17H2,1-2H3. The van der Waals surface area contributed by atoms with Gasteiger partial charge in [-0.05, 0) is 48.1 Å². The highest BCUT2D eigenvalue weighted by molar-refractivity contribution is 5.66. The Hall–Kier alpha value is -1.83. The van der Waals surface area contributed by atoms with Crippen LogP contribution in [0.25, 0.3) is 11.1 Å². The zero-order chi connectivity index (χ0) is 17.9. The maximum atomic E-state index is 14.2. The lowest BCUT2D eigenvalue weighted by Gasteiger charge is -2.09. The molecule has 0 unspecified atom stereocenters. The van der Waals surface area contributed by atoms with Gasteiger partial charge >= 0.3 is 0 Å². The molecule has 0 atom stereocenters. The minimum Gasteiger partial charge on any atom is -0.383 e. The van der Waals surface area contributed by atoms with Gasteiger partial charge in [0.25, 0.3) is 0 Å². The van der Waals surface area contributed by atoms with E-state index in [1.165, 1.54) is 37.7 Å². The van der Waals surface area contributed by atoms with Gasteiger partial charge in [-0.2, -0.15) is 0 Å². The monoisotopic (exact) mass is 341 g/mol. The van der Waals surface area contributed by atoms with Gasteiger partial charge < -0.3 is 5.32 Å². The van der Waals surface area contributed by atoms with E-state index in [1.54, 1.807) is 6.07 Å². The molecular formula is C23H32FN. The molecule has 0 saturated carbocycles. The second kappa shape index (κ2) is 10.9. The van der Waals surface area contributed by atoms with Crippen LogP contribution in [0.1, 0.15) is 64.4 Å². The van der Waals surface area contributed by atoms with Crippen LogP contribution >= 0.6 is 0 Å². The van der Waals surface area contributed by atoms with Gasteiger partial charge in [0, 0.05) is 6.54 Å². The van der Waals surface area contributed by atoms with Gasteiger partial charge in [-0.3, -0.25) is 0 Å². The molecule has 0 aromatic heterocycles. The Morgan fingerprint density at radius 1 is 0.760 bits per heavy atom. The van der Waals surface area contributed by atoms with E-state index in [-0.39, 0.29) is 5.82 Å². The van der Waals surface area contributed by atoms with Crippen LogP contribution in [0.5, 0.6) is 0 Å². The minimum atomic E-state index is -0.173. The molecular weight excluding hydrogens is 309 g/mol. The van der Waals surface area contributed by atoms with Gasteiger partial charge in [0.1, 0.15) is 5.82 Å².